The zero-order chi connectivity index (χ0) is 28.6. The lowest BCUT2D eigenvalue weighted by atomic mass is 9.88. The van der Waals surface area contributed by atoms with Gasteiger partial charge in [0.15, 0.2) is 0 Å². The molecule has 7 nitrogen and oxygen atoms in total. The van der Waals surface area contributed by atoms with Crippen LogP contribution < -0.4 is 4.74 Å². The molecule has 1 N–H and O–H groups in total. The van der Waals surface area contributed by atoms with Crippen molar-refractivity contribution in [2.75, 3.05) is 19.7 Å². The van der Waals surface area contributed by atoms with Crippen LogP contribution in [0.15, 0.2) is 36.4 Å². The van der Waals surface area contributed by atoms with E-state index >= 15 is 0 Å². The van der Waals surface area contributed by atoms with Crippen LogP contribution in [0, 0.1) is 5.92 Å². The maximum atomic E-state index is 12.0. The third kappa shape index (κ3) is 7.99. The lowest BCUT2D eigenvalue weighted by molar-refractivity contribution is -0.140. The highest BCUT2D eigenvalue weighted by Crippen LogP contribution is 2.35. The Bertz CT molecular complexity index is 1200. The molecule has 0 radical (unpaired) electrons. The quantitative estimate of drug-likeness (QED) is 0.262. The number of likely N-dealkylation sites (tertiary alicyclic amines) is 1. The first-order valence-electron chi connectivity index (χ1n) is 14.2. The summed E-state index contributed by atoms with van der Waals surface area (Å²) in [6, 6.07) is 11.1. The predicted molar refractivity (Wildman–Crippen MR) is 156 cm³/mol. The summed E-state index contributed by atoms with van der Waals surface area (Å²) in [5, 5.41) is 10.7. The van der Waals surface area contributed by atoms with Crippen LogP contribution in [0.2, 0.25) is 10.0 Å². The minimum absolute atomic E-state index is 0.0412. The molecule has 1 atom stereocenters. The summed E-state index contributed by atoms with van der Waals surface area (Å²) in [5.41, 5.74) is 2.94. The molecule has 0 aromatic heterocycles. The van der Waals surface area contributed by atoms with Gasteiger partial charge in [-0.15, -0.1) is 0 Å². The van der Waals surface area contributed by atoms with Crippen LogP contribution in [0.4, 0.5) is 0 Å². The summed E-state index contributed by atoms with van der Waals surface area (Å²) >= 11 is 12.5. The van der Waals surface area contributed by atoms with Gasteiger partial charge in [0.1, 0.15) is 12.4 Å². The van der Waals surface area contributed by atoms with E-state index in [2.05, 4.69) is 17.9 Å². The number of hydrogen-bond donors (Lipinski definition) is 1. The molecule has 2 fully saturated rings. The summed E-state index contributed by atoms with van der Waals surface area (Å²) in [6.45, 7) is 3.94. The molecular formula is C31H38Cl2N2O5. The molecule has 216 valence electrons. The minimum atomic E-state index is -0.863. The maximum absolute atomic E-state index is 12.0. The van der Waals surface area contributed by atoms with Crippen LogP contribution in [0.5, 0.6) is 5.75 Å². The number of nitrogens with zero attached hydrogens (tertiary/aromatic N) is 2. The maximum Gasteiger partial charge on any atom is 0.305 e. The highest BCUT2D eigenvalue weighted by molar-refractivity contribution is 6.42. The number of carboxylic acids is 1. The topological polar surface area (TPSA) is 87.2 Å². The molecule has 1 aliphatic heterocycles. The molecule has 1 unspecified atom stereocenters. The molecular weight excluding hydrogens is 551 g/mol. The Hall–Kier alpha value is -2.61. The van der Waals surface area contributed by atoms with Gasteiger partial charge >= 0.3 is 5.97 Å². The first-order valence-corrected chi connectivity index (χ1v) is 15.0. The highest BCUT2D eigenvalue weighted by atomic mass is 35.5. The van der Waals surface area contributed by atoms with E-state index in [0.29, 0.717) is 22.5 Å². The van der Waals surface area contributed by atoms with E-state index in [1.807, 2.05) is 18.2 Å². The van der Waals surface area contributed by atoms with Gasteiger partial charge in [0, 0.05) is 32.0 Å². The van der Waals surface area contributed by atoms with E-state index in [1.54, 1.807) is 12.1 Å². The van der Waals surface area contributed by atoms with Crippen LogP contribution in [0.25, 0.3) is 0 Å². The molecule has 2 aliphatic rings. The third-order valence-corrected chi connectivity index (χ3v) is 8.71. The Morgan fingerprint density at radius 3 is 2.42 bits per heavy atom. The zero-order valence-electron chi connectivity index (χ0n) is 23.0. The third-order valence-electron chi connectivity index (χ3n) is 7.97. The van der Waals surface area contributed by atoms with Gasteiger partial charge in [-0.3, -0.25) is 24.2 Å². The van der Waals surface area contributed by atoms with Gasteiger partial charge in [0.25, 0.3) is 0 Å². The number of ether oxygens (including phenoxy) is 1. The Kier molecular flexibility index (Phi) is 10.9. The van der Waals surface area contributed by atoms with E-state index in [-0.39, 0.29) is 50.3 Å². The number of aryl methyl sites for hydroxylation is 1. The number of benzene rings is 2. The van der Waals surface area contributed by atoms with Gasteiger partial charge < -0.3 is 9.84 Å². The van der Waals surface area contributed by atoms with E-state index in [9.17, 15) is 19.5 Å². The van der Waals surface area contributed by atoms with Crippen molar-refractivity contribution >= 4 is 41.0 Å². The molecule has 1 saturated carbocycles. The molecule has 9 heteroatoms. The van der Waals surface area contributed by atoms with Crippen molar-refractivity contribution in [2.24, 2.45) is 5.92 Å². The lowest BCUT2D eigenvalue weighted by Gasteiger charge is -2.36. The Morgan fingerprint density at radius 1 is 1.05 bits per heavy atom. The second kappa shape index (κ2) is 14.3. The number of carbonyl (C=O) groups excluding carboxylic acids is 2. The first kappa shape index (κ1) is 30.4. The Labute approximate surface area is 246 Å². The fourth-order valence-corrected chi connectivity index (χ4v) is 6.15. The molecule has 40 heavy (non-hydrogen) atoms. The smallest absolute Gasteiger partial charge is 0.305 e. The molecule has 2 amide bonds. The number of hydrogen-bond acceptors (Lipinski definition) is 5. The van der Waals surface area contributed by atoms with Crippen LogP contribution in [-0.4, -0.2) is 52.4 Å². The summed E-state index contributed by atoms with van der Waals surface area (Å²) in [5.74, 6) is 0.0942. The molecule has 2 aromatic carbocycles. The van der Waals surface area contributed by atoms with Crippen LogP contribution >= 0.6 is 23.2 Å². The molecule has 1 saturated heterocycles. The summed E-state index contributed by atoms with van der Waals surface area (Å²) < 4.78 is 6.00. The minimum Gasteiger partial charge on any atom is -0.491 e. The second-order valence-electron chi connectivity index (χ2n) is 10.8. The standard InChI is InChI=1S/C31H38Cl2N2O5/c1-2-23-16-22(8-11-28(23)40-15-14-35-29(36)12-13-30(35)37)20-34(19-21-6-4-3-5-7-21)27(18-31(38)39)24-9-10-25(32)26(33)17-24/h8-11,16-17,21,27H,2-7,12-15,18-20H2,1H3,(H,38,39). The number of halogens is 2. The van der Waals surface area contributed by atoms with Crippen molar-refractivity contribution in [2.45, 2.75) is 77.3 Å². The number of rotatable bonds is 13. The fourth-order valence-electron chi connectivity index (χ4n) is 5.85. The fraction of sp³-hybridized carbons (Fsp3) is 0.516. The van der Waals surface area contributed by atoms with Crippen molar-refractivity contribution < 1.29 is 24.2 Å². The second-order valence-corrected chi connectivity index (χ2v) is 11.6. The Balaban J connectivity index is 1.54. The van der Waals surface area contributed by atoms with Gasteiger partial charge in [-0.1, -0.05) is 67.6 Å². The lowest BCUT2D eigenvalue weighted by Crippen LogP contribution is -2.35. The number of amides is 2. The Morgan fingerprint density at radius 2 is 1.77 bits per heavy atom. The zero-order valence-corrected chi connectivity index (χ0v) is 24.6. The van der Waals surface area contributed by atoms with Gasteiger partial charge in [0.2, 0.25) is 11.8 Å². The number of imide groups is 1. The first-order chi connectivity index (χ1) is 19.2. The normalized spacial score (nSPS) is 17.1. The van der Waals surface area contributed by atoms with Crippen LogP contribution in [0.3, 0.4) is 0 Å². The van der Waals surface area contributed by atoms with Crippen molar-refractivity contribution in [1.82, 2.24) is 9.80 Å². The van der Waals surface area contributed by atoms with Gasteiger partial charge in [-0.05, 0) is 60.1 Å². The summed E-state index contributed by atoms with van der Waals surface area (Å²) in [4.78, 5) is 39.4. The summed E-state index contributed by atoms with van der Waals surface area (Å²) in [7, 11) is 0. The van der Waals surface area contributed by atoms with Crippen LogP contribution in [-0.2, 0) is 27.3 Å². The predicted octanol–water partition coefficient (Wildman–Crippen LogP) is 6.68. The van der Waals surface area contributed by atoms with Crippen molar-refractivity contribution in [3.63, 3.8) is 0 Å². The number of carbonyl (C=O) groups is 3. The monoisotopic (exact) mass is 588 g/mol. The summed E-state index contributed by atoms with van der Waals surface area (Å²) in [6.07, 6.45) is 7.21. The molecule has 0 spiro atoms. The van der Waals surface area contributed by atoms with Crippen LogP contribution in [0.1, 0.15) is 81.0 Å². The molecule has 4 rings (SSSR count). The van der Waals surface area contributed by atoms with Gasteiger partial charge in [-0.25, -0.2) is 0 Å². The van der Waals surface area contributed by atoms with Crippen molar-refractivity contribution in [3.8, 4) is 5.75 Å². The van der Waals surface area contributed by atoms with Gasteiger partial charge in [-0.2, -0.15) is 0 Å². The SMILES string of the molecule is CCc1cc(CN(CC2CCCCC2)C(CC(=O)O)c2ccc(Cl)c(Cl)c2)ccc1OCCN1C(=O)CCC1=O. The van der Waals surface area contributed by atoms with Gasteiger partial charge in [0.05, 0.1) is 23.0 Å². The van der Waals surface area contributed by atoms with Crippen molar-refractivity contribution in [3.05, 3.63) is 63.1 Å². The molecule has 2 aromatic rings. The largest absolute Gasteiger partial charge is 0.491 e. The average molecular weight is 590 g/mol. The molecule has 1 heterocycles. The number of aliphatic carboxylic acids is 1. The van der Waals surface area contributed by atoms with E-state index in [1.165, 1.54) is 24.2 Å². The average Bonchev–Trinajstić information content (AvgIpc) is 3.26. The van der Waals surface area contributed by atoms with E-state index < -0.39 is 5.97 Å². The highest BCUT2D eigenvalue weighted by Gasteiger charge is 2.29. The molecule has 0 bridgehead atoms. The van der Waals surface area contributed by atoms with E-state index in [4.69, 9.17) is 27.9 Å². The van der Waals surface area contributed by atoms with E-state index in [0.717, 1.165) is 48.2 Å². The number of carboxylic acid groups (broad SMARTS) is 1. The molecule has 1 aliphatic carbocycles. The van der Waals surface area contributed by atoms with Crippen molar-refractivity contribution in [1.29, 1.82) is 0 Å².